The van der Waals surface area contributed by atoms with E-state index >= 15 is 0 Å². The quantitative estimate of drug-likeness (QED) is 0.698. The first-order chi connectivity index (χ1) is 6.01. The summed E-state index contributed by atoms with van der Waals surface area (Å²) in [4.78, 5) is 0. The Bertz CT molecular complexity index is 231. The van der Waals surface area contributed by atoms with Gasteiger partial charge in [-0.15, -0.1) is 0 Å². The number of aliphatic hydroxyl groups excluding tert-OH is 1. The van der Waals surface area contributed by atoms with Crippen LogP contribution in [0.3, 0.4) is 0 Å². The lowest BCUT2D eigenvalue weighted by molar-refractivity contribution is 0.0800. The Morgan fingerprint density at radius 2 is 1.77 bits per heavy atom. The minimum atomic E-state index is -0.615. The maximum Gasteiger partial charge on any atom is 0.0644 e. The van der Waals surface area contributed by atoms with Gasteiger partial charge in [-0.2, -0.15) is 0 Å². The summed E-state index contributed by atoms with van der Waals surface area (Å²) < 4.78 is 0. The van der Waals surface area contributed by atoms with Crippen LogP contribution in [-0.4, -0.2) is 22.4 Å². The van der Waals surface area contributed by atoms with Crippen LogP contribution in [0.15, 0.2) is 23.3 Å². The highest BCUT2D eigenvalue weighted by molar-refractivity contribution is 5.24. The molecule has 74 valence electrons. The molecule has 2 N–H and O–H groups in total. The van der Waals surface area contributed by atoms with E-state index in [4.69, 9.17) is 5.11 Å². The number of allylic oxidation sites excluding steroid dienone is 2. The summed E-state index contributed by atoms with van der Waals surface area (Å²) >= 11 is 0. The molecule has 0 saturated carbocycles. The topological polar surface area (TPSA) is 40.5 Å². The lowest BCUT2D eigenvalue weighted by atomic mass is 9.90. The van der Waals surface area contributed by atoms with Crippen LogP contribution in [0.2, 0.25) is 0 Å². The first-order valence-corrected chi connectivity index (χ1v) is 4.72. The van der Waals surface area contributed by atoms with Gasteiger partial charge >= 0.3 is 0 Å². The van der Waals surface area contributed by atoms with Crippen LogP contribution in [0.5, 0.6) is 0 Å². The third kappa shape index (κ3) is 3.75. The summed E-state index contributed by atoms with van der Waals surface area (Å²) in [6.45, 7) is 3.80. The zero-order chi connectivity index (χ0) is 9.90. The molecule has 0 atom stereocenters. The van der Waals surface area contributed by atoms with Crippen LogP contribution < -0.4 is 0 Å². The van der Waals surface area contributed by atoms with Crippen molar-refractivity contribution >= 4 is 0 Å². The third-order valence-electron chi connectivity index (χ3n) is 2.18. The predicted molar refractivity (Wildman–Crippen MR) is 53.4 cm³/mol. The highest BCUT2D eigenvalue weighted by Gasteiger charge is 2.16. The van der Waals surface area contributed by atoms with Gasteiger partial charge < -0.3 is 10.2 Å². The van der Waals surface area contributed by atoms with Crippen LogP contribution in [0.4, 0.5) is 0 Å². The summed E-state index contributed by atoms with van der Waals surface area (Å²) in [6.07, 6.45) is 6.61. The van der Waals surface area contributed by atoms with Gasteiger partial charge in [-0.3, -0.25) is 0 Å². The molecular weight excluding hydrogens is 164 g/mol. The normalized spacial score (nSPS) is 18.2. The van der Waals surface area contributed by atoms with E-state index in [0.29, 0.717) is 0 Å². The fourth-order valence-electron chi connectivity index (χ4n) is 1.56. The van der Waals surface area contributed by atoms with E-state index in [9.17, 15) is 5.11 Å². The largest absolute Gasteiger partial charge is 0.392 e. The standard InChI is InChI=1S/C11H18O2/c1-11(2,13)7-9-3-5-10(8-12)6-4-9/h3,5,12-13H,4,6-8H2,1-2H3. The molecule has 0 spiro atoms. The summed E-state index contributed by atoms with van der Waals surface area (Å²) in [5.74, 6) is 0. The molecule has 1 aliphatic carbocycles. The molecule has 13 heavy (non-hydrogen) atoms. The van der Waals surface area contributed by atoms with Crippen molar-refractivity contribution in [1.29, 1.82) is 0 Å². The van der Waals surface area contributed by atoms with E-state index in [1.165, 1.54) is 5.57 Å². The predicted octanol–water partition coefficient (Wildman–Crippen LogP) is 1.79. The fraction of sp³-hybridized carbons (Fsp3) is 0.636. The Hall–Kier alpha value is -0.600. The molecule has 0 aliphatic heterocycles. The zero-order valence-electron chi connectivity index (χ0n) is 8.38. The average molecular weight is 182 g/mol. The molecule has 0 aromatic carbocycles. The molecule has 1 rings (SSSR count). The molecule has 0 heterocycles. The molecule has 0 unspecified atom stereocenters. The Morgan fingerprint density at radius 1 is 1.23 bits per heavy atom. The van der Waals surface area contributed by atoms with E-state index in [1.54, 1.807) is 0 Å². The molecule has 0 fully saturated rings. The van der Waals surface area contributed by atoms with Crippen LogP contribution in [0.1, 0.15) is 33.1 Å². The minimum absolute atomic E-state index is 0.159. The van der Waals surface area contributed by atoms with Crippen molar-refractivity contribution in [3.05, 3.63) is 23.3 Å². The highest BCUT2D eigenvalue weighted by Crippen LogP contribution is 2.24. The van der Waals surface area contributed by atoms with Crippen LogP contribution in [-0.2, 0) is 0 Å². The zero-order valence-corrected chi connectivity index (χ0v) is 8.38. The first-order valence-electron chi connectivity index (χ1n) is 4.72. The fourth-order valence-corrected chi connectivity index (χ4v) is 1.56. The second-order valence-electron chi connectivity index (χ2n) is 4.30. The molecule has 0 bridgehead atoms. The second-order valence-corrected chi connectivity index (χ2v) is 4.30. The summed E-state index contributed by atoms with van der Waals surface area (Å²) in [7, 11) is 0. The lowest BCUT2D eigenvalue weighted by Gasteiger charge is -2.21. The van der Waals surface area contributed by atoms with Crippen molar-refractivity contribution in [2.75, 3.05) is 6.61 Å². The number of hydrogen-bond acceptors (Lipinski definition) is 2. The molecule has 1 aliphatic rings. The smallest absolute Gasteiger partial charge is 0.0644 e. The molecule has 0 radical (unpaired) electrons. The Balaban J connectivity index is 2.55. The van der Waals surface area contributed by atoms with Gasteiger partial charge in [0.05, 0.1) is 12.2 Å². The molecule has 0 aromatic rings. The number of hydrogen-bond donors (Lipinski definition) is 2. The molecule has 2 nitrogen and oxygen atoms in total. The SMILES string of the molecule is CC(C)(O)CC1=CC=C(CO)CC1. The van der Waals surface area contributed by atoms with Gasteiger partial charge in [0.1, 0.15) is 0 Å². The maximum absolute atomic E-state index is 9.58. The van der Waals surface area contributed by atoms with Gasteiger partial charge in [0.25, 0.3) is 0 Å². The molecular formula is C11H18O2. The molecule has 0 aromatic heterocycles. The number of aliphatic hydroxyl groups is 2. The monoisotopic (exact) mass is 182 g/mol. The van der Waals surface area contributed by atoms with E-state index in [0.717, 1.165) is 24.8 Å². The molecule has 2 heteroatoms. The number of rotatable bonds is 3. The van der Waals surface area contributed by atoms with Gasteiger partial charge in [-0.05, 0) is 38.7 Å². The summed E-state index contributed by atoms with van der Waals surface area (Å²) in [5.41, 5.74) is 1.74. The third-order valence-corrected chi connectivity index (χ3v) is 2.18. The van der Waals surface area contributed by atoms with Crippen molar-refractivity contribution < 1.29 is 10.2 Å². The highest BCUT2D eigenvalue weighted by atomic mass is 16.3. The summed E-state index contributed by atoms with van der Waals surface area (Å²) in [6, 6.07) is 0. The van der Waals surface area contributed by atoms with Gasteiger partial charge in [0.15, 0.2) is 0 Å². The summed E-state index contributed by atoms with van der Waals surface area (Å²) in [5, 5.41) is 18.4. The van der Waals surface area contributed by atoms with Gasteiger partial charge in [0.2, 0.25) is 0 Å². The van der Waals surface area contributed by atoms with Crippen LogP contribution in [0.25, 0.3) is 0 Å². The molecule has 0 saturated heterocycles. The van der Waals surface area contributed by atoms with E-state index in [2.05, 4.69) is 0 Å². The second kappa shape index (κ2) is 4.07. The molecule has 0 amide bonds. The van der Waals surface area contributed by atoms with Gasteiger partial charge in [0, 0.05) is 0 Å². The Labute approximate surface area is 79.6 Å². The van der Waals surface area contributed by atoms with E-state index in [-0.39, 0.29) is 6.61 Å². The maximum atomic E-state index is 9.58. The van der Waals surface area contributed by atoms with Crippen molar-refractivity contribution in [3.8, 4) is 0 Å². The van der Waals surface area contributed by atoms with Gasteiger partial charge in [-0.25, -0.2) is 0 Å². The van der Waals surface area contributed by atoms with Crippen LogP contribution >= 0.6 is 0 Å². The van der Waals surface area contributed by atoms with Crippen LogP contribution in [0, 0.1) is 0 Å². The van der Waals surface area contributed by atoms with Crippen molar-refractivity contribution in [2.24, 2.45) is 0 Å². The van der Waals surface area contributed by atoms with Crippen molar-refractivity contribution in [2.45, 2.75) is 38.7 Å². The van der Waals surface area contributed by atoms with Gasteiger partial charge in [-0.1, -0.05) is 17.7 Å². The lowest BCUT2D eigenvalue weighted by Crippen LogP contribution is -2.19. The van der Waals surface area contributed by atoms with Crippen molar-refractivity contribution in [3.63, 3.8) is 0 Å². The Kier molecular flexibility index (Phi) is 3.28. The van der Waals surface area contributed by atoms with Crippen molar-refractivity contribution in [1.82, 2.24) is 0 Å². The first kappa shape index (κ1) is 10.5. The Morgan fingerprint density at radius 3 is 2.15 bits per heavy atom. The van der Waals surface area contributed by atoms with E-state index < -0.39 is 5.60 Å². The average Bonchev–Trinajstić information content (AvgIpc) is 2.03. The minimum Gasteiger partial charge on any atom is -0.392 e. The van der Waals surface area contributed by atoms with E-state index in [1.807, 2.05) is 26.0 Å².